The van der Waals surface area contributed by atoms with E-state index < -0.39 is 11.8 Å². The lowest BCUT2D eigenvalue weighted by atomic mass is 10.2. The number of aromatic carboxylic acids is 1. The van der Waals surface area contributed by atoms with Gasteiger partial charge in [0.1, 0.15) is 12.2 Å². The molecule has 0 aliphatic rings. The van der Waals surface area contributed by atoms with E-state index in [1.807, 2.05) is 0 Å². The lowest BCUT2D eigenvalue weighted by Gasteiger charge is -2.09. The van der Waals surface area contributed by atoms with Crippen LogP contribution in [-0.2, 0) is 6.61 Å². The topological polar surface area (TPSA) is 59.4 Å². The standard InChI is InChI=1S/C13H10FNO3/c14-11-3-1-2-10(13(16)17)12(11)18-8-9-4-6-15-7-5-9/h1-7H,8H2,(H,16,17). The van der Waals surface area contributed by atoms with Gasteiger partial charge in [0.15, 0.2) is 11.6 Å². The molecule has 1 heterocycles. The largest absolute Gasteiger partial charge is 0.485 e. The Morgan fingerprint density at radius 2 is 2.00 bits per heavy atom. The van der Waals surface area contributed by atoms with Crippen LogP contribution in [0.25, 0.3) is 0 Å². The highest BCUT2D eigenvalue weighted by molar-refractivity contribution is 5.90. The maximum atomic E-state index is 13.5. The summed E-state index contributed by atoms with van der Waals surface area (Å²) in [6.45, 7) is 0.0870. The highest BCUT2D eigenvalue weighted by Gasteiger charge is 2.15. The Kier molecular flexibility index (Phi) is 3.52. The van der Waals surface area contributed by atoms with Crippen LogP contribution in [0.3, 0.4) is 0 Å². The maximum Gasteiger partial charge on any atom is 0.339 e. The molecule has 18 heavy (non-hydrogen) atoms. The number of para-hydroxylation sites is 1. The van der Waals surface area contributed by atoms with Crippen molar-refractivity contribution in [1.82, 2.24) is 4.98 Å². The molecule has 0 unspecified atom stereocenters. The summed E-state index contributed by atoms with van der Waals surface area (Å²) in [6, 6.07) is 7.21. The highest BCUT2D eigenvalue weighted by Crippen LogP contribution is 2.23. The molecule has 0 saturated carbocycles. The average molecular weight is 247 g/mol. The van der Waals surface area contributed by atoms with Crippen LogP contribution in [0.5, 0.6) is 5.75 Å². The monoisotopic (exact) mass is 247 g/mol. The van der Waals surface area contributed by atoms with Gasteiger partial charge in [0, 0.05) is 12.4 Å². The minimum absolute atomic E-state index is 0.0870. The second-order valence-electron chi connectivity index (χ2n) is 3.57. The van der Waals surface area contributed by atoms with E-state index in [1.165, 1.54) is 12.1 Å². The van der Waals surface area contributed by atoms with Gasteiger partial charge < -0.3 is 9.84 Å². The zero-order chi connectivity index (χ0) is 13.0. The number of pyridine rings is 1. The molecule has 2 aromatic rings. The van der Waals surface area contributed by atoms with Crippen LogP contribution in [0.1, 0.15) is 15.9 Å². The Balaban J connectivity index is 2.21. The molecular weight excluding hydrogens is 237 g/mol. The van der Waals surface area contributed by atoms with E-state index in [2.05, 4.69) is 4.98 Å². The second-order valence-corrected chi connectivity index (χ2v) is 3.57. The van der Waals surface area contributed by atoms with Crippen LogP contribution in [0.2, 0.25) is 0 Å². The molecule has 0 aliphatic heterocycles. The van der Waals surface area contributed by atoms with E-state index in [-0.39, 0.29) is 17.9 Å². The van der Waals surface area contributed by atoms with E-state index in [0.29, 0.717) is 0 Å². The van der Waals surface area contributed by atoms with E-state index >= 15 is 0 Å². The van der Waals surface area contributed by atoms with Crippen molar-refractivity contribution >= 4 is 5.97 Å². The molecule has 1 N–H and O–H groups in total. The smallest absolute Gasteiger partial charge is 0.339 e. The van der Waals surface area contributed by atoms with Crippen molar-refractivity contribution in [2.45, 2.75) is 6.61 Å². The third-order valence-electron chi connectivity index (χ3n) is 2.33. The number of nitrogens with zero attached hydrogens (tertiary/aromatic N) is 1. The van der Waals surface area contributed by atoms with Crippen molar-refractivity contribution in [3.8, 4) is 5.75 Å². The molecule has 0 spiro atoms. The summed E-state index contributed by atoms with van der Waals surface area (Å²) in [5.74, 6) is -2.16. The van der Waals surface area contributed by atoms with E-state index in [9.17, 15) is 9.18 Å². The molecule has 2 rings (SSSR count). The van der Waals surface area contributed by atoms with Crippen LogP contribution >= 0.6 is 0 Å². The van der Waals surface area contributed by atoms with E-state index in [4.69, 9.17) is 9.84 Å². The number of halogens is 1. The minimum Gasteiger partial charge on any atom is -0.485 e. The molecule has 0 amide bonds. The van der Waals surface area contributed by atoms with Gasteiger partial charge in [-0.2, -0.15) is 0 Å². The number of ether oxygens (including phenoxy) is 1. The zero-order valence-corrected chi connectivity index (χ0v) is 9.34. The summed E-state index contributed by atoms with van der Waals surface area (Å²) in [5, 5.41) is 8.93. The number of carbonyl (C=O) groups is 1. The number of carboxylic acids is 1. The Morgan fingerprint density at radius 1 is 1.28 bits per heavy atom. The highest BCUT2D eigenvalue weighted by atomic mass is 19.1. The molecule has 4 nitrogen and oxygen atoms in total. The van der Waals surface area contributed by atoms with E-state index in [0.717, 1.165) is 11.6 Å². The Hall–Kier alpha value is -2.43. The third-order valence-corrected chi connectivity index (χ3v) is 2.33. The predicted molar refractivity (Wildman–Crippen MR) is 61.9 cm³/mol. The number of rotatable bonds is 4. The van der Waals surface area contributed by atoms with Gasteiger partial charge in [0.25, 0.3) is 0 Å². The van der Waals surface area contributed by atoms with Crippen molar-refractivity contribution in [3.05, 3.63) is 59.7 Å². The van der Waals surface area contributed by atoms with Crippen molar-refractivity contribution in [2.24, 2.45) is 0 Å². The Labute approximate surface area is 103 Å². The molecular formula is C13H10FNO3. The summed E-state index contributed by atoms with van der Waals surface area (Å²) in [7, 11) is 0. The molecule has 5 heteroatoms. The Bertz CT molecular complexity index is 557. The molecule has 0 aliphatic carbocycles. The fraction of sp³-hybridized carbons (Fsp3) is 0.0769. The normalized spacial score (nSPS) is 10.1. The van der Waals surface area contributed by atoms with Crippen LogP contribution in [0.15, 0.2) is 42.7 Å². The summed E-state index contributed by atoms with van der Waals surface area (Å²) in [5.41, 5.74) is 0.591. The molecule has 0 bridgehead atoms. The second kappa shape index (κ2) is 5.27. The first-order valence-electron chi connectivity index (χ1n) is 5.22. The van der Waals surface area contributed by atoms with Gasteiger partial charge in [-0.25, -0.2) is 9.18 Å². The molecule has 0 radical (unpaired) electrons. The lowest BCUT2D eigenvalue weighted by molar-refractivity contribution is 0.0690. The van der Waals surface area contributed by atoms with Crippen molar-refractivity contribution in [2.75, 3.05) is 0 Å². The van der Waals surface area contributed by atoms with Crippen molar-refractivity contribution in [1.29, 1.82) is 0 Å². The van der Waals surface area contributed by atoms with Gasteiger partial charge in [-0.1, -0.05) is 6.07 Å². The first-order valence-corrected chi connectivity index (χ1v) is 5.22. The number of benzene rings is 1. The molecule has 0 atom stereocenters. The van der Waals surface area contributed by atoms with Crippen LogP contribution in [0.4, 0.5) is 4.39 Å². The third kappa shape index (κ3) is 2.63. The summed E-state index contributed by atoms with van der Waals surface area (Å²) in [4.78, 5) is 14.8. The van der Waals surface area contributed by atoms with Crippen LogP contribution in [-0.4, -0.2) is 16.1 Å². The quantitative estimate of drug-likeness (QED) is 0.901. The predicted octanol–water partition coefficient (Wildman–Crippen LogP) is 2.50. The fourth-order valence-electron chi connectivity index (χ4n) is 1.46. The van der Waals surface area contributed by atoms with Crippen molar-refractivity contribution < 1.29 is 19.0 Å². The number of hydrogen-bond donors (Lipinski definition) is 1. The van der Waals surface area contributed by atoms with Crippen LogP contribution < -0.4 is 4.74 Å². The number of carboxylic acid groups (broad SMARTS) is 1. The minimum atomic E-state index is -1.22. The van der Waals surface area contributed by atoms with Gasteiger partial charge in [-0.15, -0.1) is 0 Å². The van der Waals surface area contributed by atoms with Gasteiger partial charge in [0.05, 0.1) is 0 Å². The van der Waals surface area contributed by atoms with Gasteiger partial charge in [-0.3, -0.25) is 4.98 Å². The van der Waals surface area contributed by atoms with E-state index in [1.54, 1.807) is 24.5 Å². The van der Waals surface area contributed by atoms with Gasteiger partial charge >= 0.3 is 5.97 Å². The molecule has 1 aromatic heterocycles. The SMILES string of the molecule is O=C(O)c1cccc(F)c1OCc1ccncc1. The molecule has 0 saturated heterocycles. The van der Waals surface area contributed by atoms with Gasteiger partial charge in [-0.05, 0) is 29.8 Å². The maximum absolute atomic E-state index is 13.5. The first-order chi connectivity index (χ1) is 8.68. The van der Waals surface area contributed by atoms with Crippen LogP contribution in [0, 0.1) is 5.82 Å². The lowest BCUT2D eigenvalue weighted by Crippen LogP contribution is -2.05. The number of aromatic nitrogens is 1. The summed E-state index contributed by atoms with van der Waals surface area (Å²) >= 11 is 0. The summed E-state index contributed by atoms with van der Waals surface area (Å²) < 4.78 is 18.7. The average Bonchev–Trinajstić information content (AvgIpc) is 2.38. The Morgan fingerprint density at radius 3 is 2.67 bits per heavy atom. The molecule has 1 aromatic carbocycles. The first kappa shape index (κ1) is 12.0. The zero-order valence-electron chi connectivity index (χ0n) is 9.34. The summed E-state index contributed by atoms with van der Waals surface area (Å²) in [6.07, 6.45) is 3.16. The van der Waals surface area contributed by atoms with Crippen molar-refractivity contribution in [3.63, 3.8) is 0 Å². The van der Waals surface area contributed by atoms with Gasteiger partial charge in [0.2, 0.25) is 0 Å². The fourth-order valence-corrected chi connectivity index (χ4v) is 1.46. The number of hydrogen-bond acceptors (Lipinski definition) is 3. The molecule has 92 valence electrons. The molecule has 0 fully saturated rings.